The number of ether oxygens (including phenoxy) is 1. The van der Waals surface area contributed by atoms with Gasteiger partial charge in [-0.05, 0) is 23.8 Å². The number of anilines is 1. The Hall–Kier alpha value is -2.89. The third-order valence-electron chi connectivity index (χ3n) is 5.22. The van der Waals surface area contributed by atoms with Gasteiger partial charge in [-0.3, -0.25) is 4.99 Å². The first kappa shape index (κ1) is 17.5. The normalized spacial score (nSPS) is 19.6. The molecule has 6 nitrogen and oxygen atoms in total. The molecule has 4 rings (SSSR count). The van der Waals surface area contributed by atoms with Gasteiger partial charge in [0, 0.05) is 39.6 Å². The van der Waals surface area contributed by atoms with Gasteiger partial charge in [0.2, 0.25) is 0 Å². The van der Waals surface area contributed by atoms with Gasteiger partial charge in [0.25, 0.3) is 0 Å². The average molecular weight is 366 g/mol. The summed E-state index contributed by atoms with van der Waals surface area (Å²) in [6.07, 6.45) is 1.07. The molecule has 1 fully saturated rings. The second kappa shape index (κ2) is 7.78. The van der Waals surface area contributed by atoms with Crippen molar-refractivity contribution in [1.29, 1.82) is 0 Å². The lowest BCUT2D eigenvalue weighted by molar-refractivity contribution is 0.232. The number of aliphatic imine (C=N–C) groups is 1. The fourth-order valence-electron chi connectivity index (χ4n) is 3.80. The highest BCUT2D eigenvalue weighted by Crippen LogP contribution is 2.28. The molecule has 2 heterocycles. The van der Waals surface area contributed by atoms with Gasteiger partial charge in [-0.15, -0.1) is 0 Å². The number of para-hydroxylation sites is 3. The summed E-state index contributed by atoms with van der Waals surface area (Å²) in [7, 11) is 1.82. The van der Waals surface area contributed by atoms with Crippen LogP contribution in [0.5, 0.6) is 11.5 Å². The second-order valence-electron chi connectivity index (χ2n) is 6.94. The van der Waals surface area contributed by atoms with Crippen LogP contribution in [0.2, 0.25) is 0 Å². The average Bonchev–Trinajstić information content (AvgIpc) is 3.12. The SMILES string of the molecule is CN=C(NCC1Cc2ccccc2O1)N1CCN(c2ccccc2O)CC1. The lowest BCUT2D eigenvalue weighted by Gasteiger charge is -2.38. The van der Waals surface area contributed by atoms with Crippen molar-refractivity contribution < 1.29 is 9.84 Å². The molecule has 2 N–H and O–H groups in total. The molecular formula is C21H26N4O2. The van der Waals surface area contributed by atoms with Crippen LogP contribution >= 0.6 is 0 Å². The monoisotopic (exact) mass is 366 g/mol. The highest BCUT2D eigenvalue weighted by atomic mass is 16.5. The van der Waals surface area contributed by atoms with E-state index in [0.29, 0.717) is 5.75 Å². The summed E-state index contributed by atoms with van der Waals surface area (Å²) in [5.41, 5.74) is 2.17. The first-order valence-corrected chi connectivity index (χ1v) is 9.47. The molecular weight excluding hydrogens is 340 g/mol. The number of guanidine groups is 1. The molecule has 0 radical (unpaired) electrons. The van der Waals surface area contributed by atoms with Crippen LogP contribution < -0.4 is 15.0 Å². The number of hydrogen-bond acceptors (Lipinski definition) is 4. The molecule has 0 bridgehead atoms. The summed E-state index contributed by atoms with van der Waals surface area (Å²) in [6, 6.07) is 15.7. The highest BCUT2D eigenvalue weighted by molar-refractivity contribution is 5.80. The summed E-state index contributed by atoms with van der Waals surface area (Å²) in [4.78, 5) is 8.93. The predicted molar refractivity (Wildman–Crippen MR) is 108 cm³/mol. The van der Waals surface area contributed by atoms with Gasteiger partial charge < -0.3 is 25.0 Å². The number of piperazine rings is 1. The molecule has 2 aliphatic rings. The number of benzene rings is 2. The Bertz CT molecular complexity index is 790. The smallest absolute Gasteiger partial charge is 0.193 e. The van der Waals surface area contributed by atoms with Crippen LogP contribution in [0.3, 0.4) is 0 Å². The molecule has 0 aromatic heterocycles. The Morgan fingerprint density at radius 2 is 1.85 bits per heavy atom. The summed E-state index contributed by atoms with van der Waals surface area (Å²) < 4.78 is 6.01. The molecule has 2 aromatic carbocycles. The zero-order chi connectivity index (χ0) is 18.6. The topological polar surface area (TPSA) is 60.3 Å². The predicted octanol–water partition coefficient (Wildman–Crippen LogP) is 2.09. The van der Waals surface area contributed by atoms with E-state index in [1.165, 1.54) is 5.56 Å². The third-order valence-corrected chi connectivity index (χ3v) is 5.22. The summed E-state index contributed by atoms with van der Waals surface area (Å²) in [5, 5.41) is 13.5. The molecule has 1 unspecified atom stereocenters. The van der Waals surface area contributed by atoms with Crippen molar-refractivity contribution in [3.05, 3.63) is 54.1 Å². The van der Waals surface area contributed by atoms with Crippen molar-refractivity contribution in [1.82, 2.24) is 10.2 Å². The van der Waals surface area contributed by atoms with Gasteiger partial charge >= 0.3 is 0 Å². The van der Waals surface area contributed by atoms with E-state index in [1.54, 1.807) is 6.07 Å². The third kappa shape index (κ3) is 3.79. The Labute approximate surface area is 160 Å². The van der Waals surface area contributed by atoms with Crippen LogP contribution in [0.15, 0.2) is 53.5 Å². The number of phenols is 1. The van der Waals surface area contributed by atoms with E-state index < -0.39 is 0 Å². The zero-order valence-electron chi connectivity index (χ0n) is 15.6. The summed E-state index contributed by atoms with van der Waals surface area (Å²) in [5.74, 6) is 2.24. The maximum Gasteiger partial charge on any atom is 0.193 e. The van der Waals surface area contributed by atoms with E-state index in [2.05, 4.69) is 32.2 Å². The highest BCUT2D eigenvalue weighted by Gasteiger charge is 2.25. The van der Waals surface area contributed by atoms with Gasteiger partial charge in [0.05, 0.1) is 12.2 Å². The zero-order valence-corrected chi connectivity index (χ0v) is 15.6. The molecule has 0 aliphatic carbocycles. The van der Waals surface area contributed by atoms with Crippen molar-refractivity contribution in [2.45, 2.75) is 12.5 Å². The molecule has 1 atom stereocenters. The van der Waals surface area contributed by atoms with Crippen LogP contribution in [0.4, 0.5) is 5.69 Å². The van der Waals surface area contributed by atoms with Crippen LogP contribution in [-0.2, 0) is 6.42 Å². The van der Waals surface area contributed by atoms with Gasteiger partial charge in [0.1, 0.15) is 17.6 Å². The van der Waals surface area contributed by atoms with Crippen LogP contribution in [0.25, 0.3) is 0 Å². The fourth-order valence-corrected chi connectivity index (χ4v) is 3.80. The van der Waals surface area contributed by atoms with E-state index in [-0.39, 0.29) is 6.10 Å². The number of phenolic OH excluding ortho intramolecular Hbond substituents is 1. The molecule has 27 heavy (non-hydrogen) atoms. The van der Waals surface area contributed by atoms with Gasteiger partial charge in [-0.1, -0.05) is 30.3 Å². The molecule has 2 aliphatic heterocycles. The first-order chi connectivity index (χ1) is 13.2. The molecule has 6 heteroatoms. The van der Waals surface area contributed by atoms with E-state index in [1.807, 2.05) is 37.4 Å². The molecule has 0 saturated carbocycles. The summed E-state index contributed by atoms with van der Waals surface area (Å²) in [6.45, 7) is 4.16. The van der Waals surface area contributed by atoms with Crippen molar-refractivity contribution in [3.8, 4) is 11.5 Å². The Balaban J connectivity index is 1.29. The lowest BCUT2D eigenvalue weighted by Crippen LogP contribution is -2.53. The molecule has 142 valence electrons. The first-order valence-electron chi connectivity index (χ1n) is 9.47. The maximum absolute atomic E-state index is 10.1. The van der Waals surface area contributed by atoms with E-state index in [4.69, 9.17) is 4.74 Å². The number of nitrogens with one attached hydrogen (secondary N) is 1. The minimum atomic E-state index is 0.140. The van der Waals surface area contributed by atoms with Crippen LogP contribution in [0.1, 0.15) is 5.56 Å². The number of aromatic hydroxyl groups is 1. The standard InChI is InChI=1S/C21H26N4O2/c1-22-21(23-15-17-14-16-6-2-5-9-20(16)27-17)25-12-10-24(11-13-25)18-7-3-4-8-19(18)26/h2-9,17,26H,10-15H2,1H3,(H,22,23). The van der Waals surface area contributed by atoms with Crippen molar-refractivity contribution in [2.75, 3.05) is 44.7 Å². The van der Waals surface area contributed by atoms with Crippen LogP contribution in [-0.4, -0.2) is 61.8 Å². The number of rotatable bonds is 3. The fraction of sp³-hybridized carbons (Fsp3) is 0.381. The molecule has 2 aromatic rings. The molecule has 0 amide bonds. The van der Waals surface area contributed by atoms with E-state index >= 15 is 0 Å². The maximum atomic E-state index is 10.1. The molecule has 0 spiro atoms. The van der Waals surface area contributed by atoms with Crippen molar-refractivity contribution in [3.63, 3.8) is 0 Å². The largest absolute Gasteiger partial charge is 0.506 e. The Morgan fingerprint density at radius 3 is 2.59 bits per heavy atom. The van der Waals surface area contributed by atoms with Crippen molar-refractivity contribution >= 4 is 11.6 Å². The Morgan fingerprint density at radius 1 is 1.11 bits per heavy atom. The van der Waals surface area contributed by atoms with Crippen LogP contribution in [0, 0.1) is 0 Å². The quantitative estimate of drug-likeness (QED) is 0.643. The van der Waals surface area contributed by atoms with E-state index in [9.17, 15) is 5.11 Å². The Kier molecular flexibility index (Phi) is 5.05. The van der Waals surface area contributed by atoms with E-state index in [0.717, 1.165) is 56.5 Å². The number of nitrogens with zero attached hydrogens (tertiary/aromatic N) is 3. The molecule has 1 saturated heterocycles. The van der Waals surface area contributed by atoms with Crippen molar-refractivity contribution in [2.24, 2.45) is 4.99 Å². The minimum absolute atomic E-state index is 0.140. The number of fused-ring (bicyclic) bond motifs is 1. The minimum Gasteiger partial charge on any atom is -0.506 e. The van der Waals surface area contributed by atoms with Gasteiger partial charge in [-0.2, -0.15) is 0 Å². The lowest BCUT2D eigenvalue weighted by atomic mass is 10.1. The second-order valence-corrected chi connectivity index (χ2v) is 6.94. The summed E-state index contributed by atoms with van der Waals surface area (Å²) >= 11 is 0. The number of hydrogen-bond donors (Lipinski definition) is 2. The van der Waals surface area contributed by atoms with Gasteiger partial charge in [0.15, 0.2) is 5.96 Å². The van der Waals surface area contributed by atoms with Gasteiger partial charge in [-0.25, -0.2) is 0 Å².